The van der Waals surface area contributed by atoms with Gasteiger partial charge in [-0.1, -0.05) is 12.1 Å². The SMILES string of the molecule is COc1ccc(OC)c(CN2CCN(C(=O)NCCc3ccc(C(F)(F)F)cc3)CC2)c1. The number of hydrogen-bond donors (Lipinski definition) is 1. The van der Waals surface area contributed by atoms with Crippen molar-refractivity contribution in [1.82, 2.24) is 15.1 Å². The molecular weight excluding hydrogens is 423 g/mol. The molecule has 0 bridgehead atoms. The number of nitrogens with zero attached hydrogens (tertiary/aromatic N) is 2. The highest BCUT2D eigenvalue weighted by molar-refractivity contribution is 5.74. The monoisotopic (exact) mass is 451 g/mol. The van der Waals surface area contributed by atoms with E-state index in [0.29, 0.717) is 32.6 Å². The highest BCUT2D eigenvalue weighted by Crippen LogP contribution is 2.29. The third-order valence-corrected chi connectivity index (χ3v) is 5.51. The van der Waals surface area contributed by atoms with Crippen molar-refractivity contribution < 1.29 is 27.4 Å². The zero-order valence-electron chi connectivity index (χ0n) is 18.2. The maximum atomic E-state index is 12.6. The first kappa shape index (κ1) is 23.7. The average molecular weight is 451 g/mol. The van der Waals surface area contributed by atoms with E-state index in [1.165, 1.54) is 12.1 Å². The minimum Gasteiger partial charge on any atom is -0.497 e. The van der Waals surface area contributed by atoms with Crippen molar-refractivity contribution >= 4 is 6.03 Å². The number of piperazine rings is 1. The number of carbonyl (C=O) groups is 1. The Balaban J connectivity index is 1.43. The standard InChI is InChI=1S/C23H28F3N3O3/c1-31-20-7-8-21(32-2)18(15-20)16-28-11-13-29(14-12-28)22(30)27-10-9-17-3-5-19(6-4-17)23(24,25)26/h3-8,15H,9-14,16H2,1-2H3,(H,27,30). The molecule has 0 radical (unpaired) electrons. The molecule has 32 heavy (non-hydrogen) atoms. The Hall–Kier alpha value is -2.94. The topological polar surface area (TPSA) is 54.0 Å². The van der Waals surface area contributed by atoms with Crippen LogP contribution in [0.15, 0.2) is 42.5 Å². The lowest BCUT2D eigenvalue weighted by atomic mass is 10.1. The first-order valence-corrected chi connectivity index (χ1v) is 10.4. The lowest BCUT2D eigenvalue weighted by Gasteiger charge is -2.35. The molecule has 2 aromatic rings. The van der Waals surface area contributed by atoms with E-state index in [4.69, 9.17) is 9.47 Å². The predicted octanol–water partition coefficient (Wildman–Crippen LogP) is 3.79. The number of methoxy groups -OCH3 is 2. The Bertz CT molecular complexity index is 896. The van der Waals surface area contributed by atoms with Gasteiger partial charge in [0, 0.05) is 44.8 Å². The zero-order chi connectivity index (χ0) is 23.1. The minimum atomic E-state index is -4.34. The summed E-state index contributed by atoms with van der Waals surface area (Å²) in [6.45, 7) is 3.71. The molecule has 0 aliphatic carbocycles. The number of nitrogens with one attached hydrogen (secondary N) is 1. The summed E-state index contributed by atoms with van der Waals surface area (Å²) >= 11 is 0. The average Bonchev–Trinajstić information content (AvgIpc) is 2.79. The summed E-state index contributed by atoms with van der Waals surface area (Å²) in [5.74, 6) is 1.57. The summed E-state index contributed by atoms with van der Waals surface area (Å²) in [6.07, 6.45) is -3.87. The second kappa shape index (κ2) is 10.6. The van der Waals surface area contributed by atoms with Gasteiger partial charge in [-0.25, -0.2) is 4.79 Å². The van der Waals surface area contributed by atoms with Gasteiger partial charge in [0.15, 0.2) is 0 Å². The normalized spacial score (nSPS) is 14.8. The molecule has 1 saturated heterocycles. The first-order valence-electron chi connectivity index (χ1n) is 10.4. The number of ether oxygens (including phenoxy) is 2. The Labute approximate surface area is 185 Å². The number of urea groups is 1. The molecule has 1 aliphatic heterocycles. The zero-order valence-corrected chi connectivity index (χ0v) is 18.2. The molecular formula is C23H28F3N3O3. The van der Waals surface area contributed by atoms with E-state index in [1.807, 2.05) is 18.2 Å². The van der Waals surface area contributed by atoms with Crippen LogP contribution in [0.5, 0.6) is 11.5 Å². The Morgan fingerprint density at radius 2 is 1.69 bits per heavy atom. The summed E-state index contributed by atoms with van der Waals surface area (Å²) in [5, 5.41) is 2.85. The molecule has 2 amide bonds. The van der Waals surface area contributed by atoms with Crippen molar-refractivity contribution in [2.75, 3.05) is 46.9 Å². The van der Waals surface area contributed by atoms with Gasteiger partial charge in [-0.3, -0.25) is 4.90 Å². The van der Waals surface area contributed by atoms with E-state index in [-0.39, 0.29) is 6.03 Å². The van der Waals surface area contributed by atoms with Crippen LogP contribution in [-0.2, 0) is 19.1 Å². The molecule has 1 heterocycles. The summed E-state index contributed by atoms with van der Waals surface area (Å²) in [7, 11) is 3.26. The van der Waals surface area contributed by atoms with Crippen LogP contribution in [-0.4, -0.2) is 62.8 Å². The lowest BCUT2D eigenvalue weighted by molar-refractivity contribution is -0.137. The van der Waals surface area contributed by atoms with Crippen LogP contribution in [0.25, 0.3) is 0 Å². The van der Waals surface area contributed by atoms with Crippen LogP contribution in [0.1, 0.15) is 16.7 Å². The first-order chi connectivity index (χ1) is 15.3. The quantitative estimate of drug-likeness (QED) is 0.696. The van der Waals surface area contributed by atoms with Gasteiger partial charge in [0.1, 0.15) is 11.5 Å². The van der Waals surface area contributed by atoms with Crippen molar-refractivity contribution in [3.8, 4) is 11.5 Å². The van der Waals surface area contributed by atoms with Crippen LogP contribution in [0.3, 0.4) is 0 Å². The summed E-state index contributed by atoms with van der Waals surface area (Å²) in [5.41, 5.74) is 1.10. The van der Waals surface area contributed by atoms with Gasteiger partial charge in [-0.15, -0.1) is 0 Å². The highest BCUT2D eigenvalue weighted by atomic mass is 19.4. The third kappa shape index (κ3) is 6.29. The lowest BCUT2D eigenvalue weighted by Crippen LogP contribution is -2.51. The van der Waals surface area contributed by atoms with Crippen molar-refractivity contribution in [1.29, 1.82) is 0 Å². The number of halogens is 3. The Kier molecular flexibility index (Phi) is 7.84. The second-order valence-electron chi connectivity index (χ2n) is 7.62. The maximum absolute atomic E-state index is 12.6. The summed E-state index contributed by atoms with van der Waals surface area (Å²) in [4.78, 5) is 16.4. The maximum Gasteiger partial charge on any atom is 0.416 e. The fourth-order valence-electron chi connectivity index (χ4n) is 3.64. The highest BCUT2D eigenvalue weighted by Gasteiger charge is 2.30. The van der Waals surface area contributed by atoms with E-state index in [1.54, 1.807) is 19.1 Å². The molecule has 0 aromatic heterocycles. The van der Waals surface area contributed by atoms with Gasteiger partial charge in [0.2, 0.25) is 0 Å². The number of amides is 2. The van der Waals surface area contributed by atoms with Gasteiger partial charge in [0.05, 0.1) is 19.8 Å². The minimum absolute atomic E-state index is 0.157. The third-order valence-electron chi connectivity index (χ3n) is 5.51. The summed E-state index contributed by atoms with van der Waals surface area (Å²) < 4.78 is 48.6. The predicted molar refractivity (Wildman–Crippen MR) is 115 cm³/mol. The molecule has 3 rings (SSSR count). The van der Waals surface area contributed by atoms with Gasteiger partial charge < -0.3 is 19.7 Å². The number of rotatable bonds is 7. The van der Waals surface area contributed by atoms with E-state index < -0.39 is 11.7 Å². The molecule has 6 nitrogen and oxygen atoms in total. The second-order valence-corrected chi connectivity index (χ2v) is 7.62. The van der Waals surface area contributed by atoms with Crippen LogP contribution in [0.2, 0.25) is 0 Å². The molecule has 9 heteroatoms. The fourth-order valence-corrected chi connectivity index (χ4v) is 3.64. The van der Waals surface area contributed by atoms with Crippen LogP contribution < -0.4 is 14.8 Å². The molecule has 1 aliphatic rings. The van der Waals surface area contributed by atoms with Crippen molar-refractivity contribution in [3.63, 3.8) is 0 Å². The molecule has 0 spiro atoms. The van der Waals surface area contributed by atoms with Gasteiger partial charge in [0.25, 0.3) is 0 Å². The molecule has 1 fully saturated rings. The van der Waals surface area contributed by atoms with E-state index in [0.717, 1.165) is 47.8 Å². The Morgan fingerprint density at radius 1 is 1.00 bits per heavy atom. The van der Waals surface area contributed by atoms with Gasteiger partial charge >= 0.3 is 12.2 Å². The largest absolute Gasteiger partial charge is 0.497 e. The molecule has 2 aromatic carbocycles. The van der Waals surface area contributed by atoms with Gasteiger partial charge in [-0.2, -0.15) is 13.2 Å². The number of benzene rings is 2. The molecule has 1 N–H and O–H groups in total. The van der Waals surface area contributed by atoms with Crippen molar-refractivity contribution in [2.45, 2.75) is 19.1 Å². The van der Waals surface area contributed by atoms with Gasteiger partial charge in [-0.05, 0) is 42.3 Å². The molecule has 0 unspecified atom stereocenters. The van der Waals surface area contributed by atoms with Crippen molar-refractivity contribution in [2.24, 2.45) is 0 Å². The number of carbonyl (C=O) groups excluding carboxylic acids is 1. The number of alkyl halides is 3. The van der Waals surface area contributed by atoms with E-state index in [9.17, 15) is 18.0 Å². The fraction of sp³-hybridized carbons (Fsp3) is 0.435. The van der Waals surface area contributed by atoms with Crippen LogP contribution in [0.4, 0.5) is 18.0 Å². The van der Waals surface area contributed by atoms with Crippen molar-refractivity contribution in [3.05, 3.63) is 59.2 Å². The Morgan fingerprint density at radius 3 is 2.28 bits per heavy atom. The number of hydrogen-bond acceptors (Lipinski definition) is 4. The van der Waals surface area contributed by atoms with E-state index >= 15 is 0 Å². The molecule has 0 saturated carbocycles. The smallest absolute Gasteiger partial charge is 0.416 e. The summed E-state index contributed by atoms with van der Waals surface area (Å²) in [6, 6.07) is 10.6. The van der Waals surface area contributed by atoms with Crippen LogP contribution in [0, 0.1) is 0 Å². The van der Waals surface area contributed by atoms with E-state index in [2.05, 4.69) is 10.2 Å². The molecule has 174 valence electrons. The van der Waals surface area contributed by atoms with Crippen LogP contribution >= 0.6 is 0 Å². The molecule has 0 atom stereocenters.